The van der Waals surface area contributed by atoms with Gasteiger partial charge in [0.25, 0.3) is 0 Å². The Balaban J connectivity index is 2.59. The van der Waals surface area contributed by atoms with E-state index in [0.717, 1.165) is 0 Å². The number of aliphatic hydroxyl groups excluding tert-OH is 1. The molecule has 1 heterocycles. The van der Waals surface area contributed by atoms with Gasteiger partial charge in [0.1, 0.15) is 12.7 Å². The highest BCUT2D eigenvalue weighted by Gasteiger charge is 2.36. The highest BCUT2D eigenvalue weighted by molar-refractivity contribution is 5.66. The van der Waals surface area contributed by atoms with Gasteiger partial charge in [0.2, 0.25) is 5.60 Å². The molecule has 70 valence electrons. The summed E-state index contributed by atoms with van der Waals surface area (Å²) in [6.07, 6.45) is 1.60. The van der Waals surface area contributed by atoms with Gasteiger partial charge in [-0.15, -0.1) is 0 Å². The molecule has 0 spiro atoms. The predicted octanol–water partition coefficient (Wildman–Crippen LogP) is -0.283. The lowest BCUT2D eigenvalue weighted by Crippen LogP contribution is -2.34. The van der Waals surface area contributed by atoms with Crippen LogP contribution in [0, 0.1) is 11.3 Å². The molecule has 0 saturated heterocycles. The molecule has 0 saturated carbocycles. The third-order valence-electron chi connectivity index (χ3n) is 1.54. The normalized spacial score (nSPS) is 31.3. The van der Waals surface area contributed by atoms with Crippen molar-refractivity contribution in [3.63, 3.8) is 0 Å². The fourth-order valence-electron chi connectivity index (χ4n) is 0.919. The van der Waals surface area contributed by atoms with E-state index in [9.17, 15) is 4.79 Å². The van der Waals surface area contributed by atoms with Crippen LogP contribution in [0.2, 0.25) is 0 Å². The minimum Gasteiger partial charge on any atom is -0.461 e. The van der Waals surface area contributed by atoms with Gasteiger partial charge in [-0.3, -0.25) is 4.79 Å². The number of esters is 1. The van der Waals surface area contributed by atoms with Crippen molar-refractivity contribution in [3.8, 4) is 6.07 Å². The van der Waals surface area contributed by atoms with Gasteiger partial charge in [-0.05, 0) is 12.2 Å². The number of rotatable bonds is 2. The van der Waals surface area contributed by atoms with E-state index in [0.29, 0.717) is 0 Å². The second kappa shape index (κ2) is 3.56. The van der Waals surface area contributed by atoms with Crippen molar-refractivity contribution < 1.29 is 19.4 Å². The van der Waals surface area contributed by atoms with Crippen molar-refractivity contribution in [2.45, 2.75) is 18.8 Å². The molecule has 5 nitrogen and oxygen atoms in total. The number of carbonyl (C=O) groups is 1. The van der Waals surface area contributed by atoms with E-state index in [1.54, 1.807) is 0 Å². The van der Waals surface area contributed by atoms with Crippen LogP contribution in [0.3, 0.4) is 0 Å². The van der Waals surface area contributed by atoms with Gasteiger partial charge in [-0.25, -0.2) is 0 Å². The first-order chi connectivity index (χ1) is 6.08. The molecule has 0 aromatic heterocycles. The number of nitrogens with zero attached hydrogens (tertiary/aromatic N) is 1. The monoisotopic (exact) mass is 183 g/mol. The summed E-state index contributed by atoms with van der Waals surface area (Å²) in [5, 5.41) is 17.7. The molecule has 1 aliphatic rings. The van der Waals surface area contributed by atoms with E-state index in [1.165, 1.54) is 19.1 Å². The van der Waals surface area contributed by atoms with Crippen LogP contribution in [0.25, 0.3) is 0 Å². The largest absolute Gasteiger partial charge is 0.461 e. The number of nitriles is 1. The fourth-order valence-corrected chi connectivity index (χ4v) is 0.919. The average molecular weight is 183 g/mol. The molecule has 0 amide bonds. The number of hydrogen-bond acceptors (Lipinski definition) is 5. The smallest absolute Gasteiger partial charge is 0.302 e. The summed E-state index contributed by atoms with van der Waals surface area (Å²) in [4.78, 5) is 10.5. The van der Waals surface area contributed by atoms with Crippen molar-refractivity contribution in [1.82, 2.24) is 0 Å². The maximum atomic E-state index is 10.5. The van der Waals surface area contributed by atoms with Crippen LogP contribution in [0.15, 0.2) is 12.2 Å². The second-order valence-corrected chi connectivity index (χ2v) is 2.65. The molecule has 1 N–H and O–H groups in total. The Labute approximate surface area is 75.2 Å². The molecule has 1 aliphatic heterocycles. The van der Waals surface area contributed by atoms with E-state index in [2.05, 4.69) is 4.74 Å². The molecule has 2 unspecified atom stereocenters. The van der Waals surface area contributed by atoms with Gasteiger partial charge >= 0.3 is 5.97 Å². The lowest BCUT2D eigenvalue weighted by atomic mass is 10.1. The summed E-state index contributed by atoms with van der Waals surface area (Å²) in [7, 11) is 0. The molecule has 0 aromatic rings. The maximum Gasteiger partial charge on any atom is 0.302 e. The molecular weight excluding hydrogens is 174 g/mol. The predicted molar refractivity (Wildman–Crippen MR) is 41.2 cm³/mol. The molecule has 1 rings (SSSR count). The van der Waals surface area contributed by atoms with E-state index in [4.69, 9.17) is 15.1 Å². The minimum atomic E-state index is -1.33. The summed E-state index contributed by atoms with van der Waals surface area (Å²) >= 11 is 0. The summed E-state index contributed by atoms with van der Waals surface area (Å²) in [6.45, 7) is 1.03. The van der Waals surface area contributed by atoms with Gasteiger partial charge in [0.05, 0.1) is 0 Å². The van der Waals surface area contributed by atoms with E-state index >= 15 is 0 Å². The first-order valence-electron chi connectivity index (χ1n) is 3.68. The van der Waals surface area contributed by atoms with E-state index in [-0.39, 0.29) is 6.61 Å². The fraction of sp³-hybridized carbons (Fsp3) is 0.500. The van der Waals surface area contributed by atoms with Crippen LogP contribution in [0.1, 0.15) is 6.92 Å². The Morgan fingerprint density at radius 1 is 1.92 bits per heavy atom. The quantitative estimate of drug-likeness (QED) is 0.470. The number of carbonyl (C=O) groups excluding carboxylic acids is 1. The van der Waals surface area contributed by atoms with Crippen LogP contribution in [-0.2, 0) is 14.3 Å². The van der Waals surface area contributed by atoms with Gasteiger partial charge in [0, 0.05) is 6.92 Å². The number of hydrogen-bond donors (Lipinski definition) is 1. The van der Waals surface area contributed by atoms with Crippen molar-refractivity contribution in [1.29, 1.82) is 5.26 Å². The molecule has 13 heavy (non-hydrogen) atoms. The van der Waals surface area contributed by atoms with Gasteiger partial charge < -0.3 is 14.6 Å². The lowest BCUT2D eigenvalue weighted by molar-refractivity contribution is -0.155. The summed E-state index contributed by atoms with van der Waals surface area (Å²) in [5.74, 6) is -0.493. The third-order valence-corrected chi connectivity index (χ3v) is 1.54. The van der Waals surface area contributed by atoms with Gasteiger partial charge in [-0.1, -0.05) is 0 Å². The van der Waals surface area contributed by atoms with E-state index < -0.39 is 17.9 Å². The zero-order valence-electron chi connectivity index (χ0n) is 7.06. The Morgan fingerprint density at radius 2 is 2.62 bits per heavy atom. The summed E-state index contributed by atoms with van der Waals surface area (Å²) in [5.41, 5.74) is -1.33. The van der Waals surface area contributed by atoms with Crippen LogP contribution in [0.5, 0.6) is 0 Å². The number of aliphatic hydroxyl groups is 1. The highest BCUT2D eigenvalue weighted by atomic mass is 16.6. The zero-order chi connectivity index (χ0) is 9.90. The third kappa shape index (κ3) is 2.28. The Kier molecular flexibility index (Phi) is 2.66. The molecule has 0 radical (unpaired) electrons. The molecule has 0 bridgehead atoms. The van der Waals surface area contributed by atoms with Crippen molar-refractivity contribution in [2.75, 3.05) is 6.61 Å². The van der Waals surface area contributed by atoms with E-state index in [1.807, 2.05) is 6.07 Å². The Bertz CT molecular complexity index is 280. The summed E-state index contributed by atoms with van der Waals surface area (Å²) < 4.78 is 9.47. The summed E-state index contributed by atoms with van der Waals surface area (Å²) in [6, 6.07) is 1.82. The zero-order valence-corrected chi connectivity index (χ0v) is 7.06. The molecule has 0 fully saturated rings. The second-order valence-electron chi connectivity index (χ2n) is 2.65. The lowest BCUT2D eigenvalue weighted by Gasteiger charge is -2.18. The maximum absolute atomic E-state index is 10.5. The van der Waals surface area contributed by atoms with Crippen LogP contribution >= 0.6 is 0 Å². The SMILES string of the molecule is CC(=O)OCC1(C#N)C=CC(O)O1. The minimum absolute atomic E-state index is 0.202. The Morgan fingerprint density at radius 3 is 3.00 bits per heavy atom. The molecule has 2 atom stereocenters. The molecule has 0 aliphatic carbocycles. The van der Waals surface area contributed by atoms with Crippen LogP contribution in [0.4, 0.5) is 0 Å². The van der Waals surface area contributed by atoms with Gasteiger partial charge in [-0.2, -0.15) is 5.26 Å². The van der Waals surface area contributed by atoms with Gasteiger partial charge in [0.15, 0.2) is 6.29 Å². The van der Waals surface area contributed by atoms with Crippen molar-refractivity contribution in [2.24, 2.45) is 0 Å². The first kappa shape index (κ1) is 9.71. The van der Waals surface area contributed by atoms with Crippen LogP contribution < -0.4 is 0 Å². The Hall–Kier alpha value is -1.38. The van der Waals surface area contributed by atoms with Crippen molar-refractivity contribution in [3.05, 3.63) is 12.2 Å². The first-order valence-corrected chi connectivity index (χ1v) is 3.68. The highest BCUT2D eigenvalue weighted by Crippen LogP contribution is 2.21. The van der Waals surface area contributed by atoms with Crippen molar-refractivity contribution >= 4 is 5.97 Å². The number of ether oxygens (including phenoxy) is 2. The molecule has 0 aromatic carbocycles. The molecular formula is C8H9NO4. The van der Waals surface area contributed by atoms with Crippen LogP contribution in [-0.4, -0.2) is 29.6 Å². The standard InChI is InChI=1S/C8H9NO4/c1-6(10)12-5-8(4-9)3-2-7(11)13-8/h2-3,7,11H,5H2,1H3. The topological polar surface area (TPSA) is 79.6 Å². The average Bonchev–Trinajstić information content (AvgIpc) is 2.45. The molecule has 5 heteroatoms.